The number of rotatable bonds is 4. The maximum absolute atomic E-state index is 12.8. The van der Waals surface area contributed by atoms with Gasteiger partial charge in [-0.05, 0) is 24.3 Å². The standard InChI is InChI=1S/C20H24N6O2/c27-16-23-7-9-24(10-8-23)17-4-5-18(22-15-17)20(28)26-13-11-25(12-14-26)19-3-1-2-6-21-19/h1-6,15-16H,7-14H2. The van der Waals surface area contributed by atoms with Gasteiger partial charge < -0.3 is 19.6 Å². The molecule has 0 atom stereocenters. The summed E-state index contributed by atoms with van der Waals surface area (Å²) in [7, 11) is 0. The number of hydrogen-bond donors (Lipinski definition) is 0. The predicted molar refractivity (Wildman–Crippen MR) is 106 cm³/mol. The van der Waals surface area contributed by atoms with Crippen LogP contribution in [0.3, 0.4) is 0 Å². The lowest BCUT2D eigenvalue weighted by Crippen LogP contribution is -2.49. The van der Waals surface area contributed by atoms with Gasteiger partial charge in [-0.3, -0.25) is 9.59 Å². The summed E-state index contributed by atoms with van der Waals surface area (Å²) >= 11 is 0. The lowest BCUT2D eigenvalue weighted by Gasteiger charge is -2.35. The number of anilines is 2. The Balaban J connectivity index is 1.33. The highest BCUT2D eigenvalue weighted by atomic mass is 16.2. The highest BCUT2D eigenvalue weighted by molar-refractivity contribution is 5.92. The number of nitrogens with zero attached hydrogens (tertiary/aromatic N) is 6. The van der Waals surface area contributed by atoms with Gasteiger partial charge in [0, 0.05) is 58.6 Å². The summed E-state index contributed by atoms with van der Waals surface area (Å²) in [6, 6.07) is 9.62. The van der Waals surface area contributed by atoms with Crippen LogP contribution in [0.15, 0.2) is 42.7 Å². The first-order valence-electron chi connectivity index (χ1n) is 9.60. The van der Waals surface area contributed by atoms with Crippen LogP contribution in [0.2, 0.25) is 0 Å². The molecule has 0 spiro atoms. The molecule has 2 saturated heterocycles. The van der Waals surface area contributed by atoms with Crippen LogP contribution in [0.4, 0.5) is 11.5 Å². The molecule has 2 fully saturated rings. The zero-order valence-corrected chi connectivity index (χ0v) is 15.8. The summed E-state index contributed by atoms with van der Waals surface area (Å²) in [5.74, 6) is 0.921. The van der Waals surface area contributed by atoms with E-state index in [9.17, 15) is 9.59 Å². The number of hydrogen-bond acceptors (Lipinski definition) is 6. The third-order valence-electron chi connectivity index (χ3n) is 5.34. The van der Waals surface area contributed by atoms with Gasteiger partial charge in [-0.2, -0.15) is 0 Å². The highest BCUT2D eigenvalue weighted by Crippen LogP contribution is 2.17. The molecule has 0 unspecified atom stereocenters. The van der Waals surface area contributed by atoms with Crippen molar-refractivity contribution in [3.8, 4) is 0 Å². The van der Waals surface area contributed by atoms with E-state index in [2.05, 4.69) is 19.8 Å². The maximum atomic E-state index is 12.8. The summed E-state index contributed by atoms with van der Waals surface area (Å²) in [5, 5.41) is 0. The van der Waals surface area contributed by atoms with E-state index in [1.165, 1.54) is 0 Å². The monoisotopic (exact) mass is 380 g/mol. The molecule has 8 heteroatoms. The molecule has 0 N–H and O–H groups in total. The first kappa shape index (κ1) is 18.2. The van der Waals surface area contributed by atoms with Crippen molar-refractivity contribution in [3.05, 3.63) is 48.4 Å². The lowest BCUT2D eigenvalue weighted by atomic mass is 10.2. The van der Waals surface area contributed by atoms with Gasteiger partial charge in [-0.15, -0.1) is 0 Å². The van der Waals surface area contributed by atoms with Crippen LogP contribution >= 0.6 is 0 Å². The molecule has 28 heavy (non-hydrogen) atoms. The SMILES string of the molecule is O=CN1CCN(c2ccc(C(=O)N3CCN(c4ccccn4)CC3)nc2)CC1. The Hall–Kier alpha value is -3.16. The average Bonchev–Trinajstić information content (AvgIpc) is 2.79. The fourth-order valence-electron chi connectivity index (χ4n) is 3.63. The molecule has 4 rings (SSSR count). The van der Waals surface area contributed by atoms with Gasteiger partial charge >= 0.3 is 0 Å². The molecule has 0 aliphatic carbocycles. The third-order valence-corrected chi connectivity index (χ3v) is 5.34. The van der Waals surface area contributed by atoms with Gasteiger partial charge in [0.15, 0.2) is 0 Å². The summed E-state index contributed by atoms with van der Waals surface area (Å²) in [6.07, 6.45) is 4.44. The van der Waals surface area contributed by atoms with Crippen molar-refractivity contribution in [1.82, 2.24) is 19.8 Å². The number of piperazine rings is 2. The minimum absolute atomic E-state index is 0.0296. The number of amides is 2. The molecule has 2 aromatic rings. The van der Waals surface area contributed by atoms with Gasteiger partial charge in [0.25, 0.3) is 5.91 Å². The van der Waals surface area contributed by atoms with Crippen LogP contribution < -0.4 is 9.80 Å². The first-order chi connectivity index (χ1) is 13.7. The van der Waals surface area contributed by atoms with Gasteiger partial charge in [-0.1, -0.05) is 6.07 Å². The Morgan fingerprint density at radius 2 is 1.61 bits per heavy atom. The van der Waals surface area contributed by atoms with E-state index < -0.39 is 0 Å². The van der Waals surface area contributed by atoms with Crippen LogP contribution in [0.5, 0.6) is 0 Å². The van der Waals surface area contributed by atoms with Crippen molar-refractivity contribution in [2.45, 2.75) is 0 Å². The second-order valence-electron chi connectivity index (χ2n) is 7.00. The third kappa shape index (κ3) is 3.90. The molecule has 146 valence electrons. The van der Waals surface area contributed by atoms with Gasteiger partial charge in [0.1, 0.15) is 11.5 Å². The minimum atomic E-state index is -0.0296. The molecule has 0 saturated carbocycles. The van der Waals surface area contributed by atoms with E-state index in [1.807, 2.05) is 29.2 Å². The second kappa shape index (κ2) is 8.24. The highest BCUT2D eigenvalue weighted by Gasteiger charge is 2.24. The van der Waals surface area contributed by atoms with Crippen LogP contribution in [0.1, 0.15) is 10.5 Å². The molecule has 2 aromatic heterocycles. The summed E-state index contributed by atoms with van der Waals surface area (Å²) < 4.78 is 0. The van der Waals surface area contributed by atoms with E-state index in [0.29, 0.717) is 31.9 Å². The predicted octanol–water partition coefficient (Wildman–Crippen LogP) is 0.717. The number of pyridine rings is 2. The molecular formula is C20H24N6O2. The van der Waals surface area contributed by atoms with Crippen molar-refractivity contribution in [1.29, 1.82) is 0 Å². The van der Waals surface area contributed by atoms with E-state index >= 15 is 0 Å². The largest absolute Gasteiger partial charge is 0.367 e. The van der Waals surface area contributed by atoms with Crippen LogP contribution in [-0.2, 0) is 4.79 Å². The van der Waals surface area contributed by atoms with Gasteiger partial charge in [0.2, 0.25) is 6.41 Å². The van der Waals surface area contributed by atoms with E-state index in [4.69, 9.17) is 0 Å². The number of aromatic nitrogens is 2. The number of carbonyl (C=O) groups is 2. The topological polar surface area (TPSA) is 72.9 Å². The van der Waals surface area contributed by atoms with Crippen LogP contribution in [0.25, 0.3) is 0 Å². The van der Waals surface area contributed by atoms with E-state index in [0.717, 1.165) is 44.1 Å². The van der Waals surface area contributed by atoms with Crippen molar-refractivity contribution < 1.29 is 9.59 Å². The molecule has 2 aliphatic rings. The van der Waals surface area contributed by atoms with Crippen LogP contribution in [0, 0.1) is 0 Å². The Morgan fingerprint density at radius 1 is 0.857 bits per heavy atom. The molecule has 8 nitrogen and oxygen atoms in total. The summed E-state index contributed by atoms with van der Waals surface area (Å²) in [6.45, 7) is 5.84. The smallest absolute Gasteiger partial charge is 0.272 e. The Kier molecular flexibility index (Phi) is 5.36. The second-order valence-corrected chi connectivity index (χ2v) is 7.00. The van der Waals surface area contributed by atoms with Crippen molar-refractivity contribution in [3.63, 3.8) is 0 Å². The van der Waals surface area contributed by atoms with Crippen molar-refractivity contribution >= 4 is 23.8 Å². The normalized spacial score (nSPS) is 17.6. The molecule has 0 radical (unpaired) electrons. The molecule has 0 aromatic carbocycles. The van der Waals surface area contributed by atoms with Crippen molar-refractivity contribution in [2.75, 3.05) is 62.2 Å². The quantitative estimate of drug-likeness (QED) is 0.728. The number of carbonyl (C=O) groups excluding carboxylic acids is 2. The Labute approximate surface area is 164 Å². The zero-order chi connectivity index (χ0) is 19.3. The molecule has 2 aliphatic heterocycles. The Morgan fingerprint density at radius 3 is 2.21 bits per heavy atom. The maximum Gasteiger partial charge on any atom is 0.272 e. The molecular weight excluding hydrogens is 356 g/mol. The Bertz CT molecular complexity index is 797. The van der Waals surface area contributed by atoms with E-state index in [-0.39, 0.29) is 5.91 Å². The van der Waals surface area contributed by atoms with Gasteiger partial charge in [-0.25, -0.2) is 9.97 Å². The van der Waals surface area contributed by atoms with Crippen molar-refractivity contribution in [2.24, 2.45) is 0 Å². The van der Waals surface area contributed by atoms with Crippen LogP contribution in [-0.4, -0.2) is 84.4 Å². The summed E-state index contributed by atoms with van der Waals surface area (Å²) in [5.41, 5.74) is 1.46. The average molecular weight is 380 g/mol. The lowest BCUT2D eigenvalue weighted by molar-refractivity contribution is -0.118. The fourth-order valence-corrected chi connectivity index (χ4v) is 3.63. The molecule has 0 bridgehead atoms. The molecule has 2 amide bonds. The van der Waals surface area contributed by atoms with Gasteiger partial charge in [0.05, 0.1) is 11.9 Å². The minimum Gasteiger partial charge on any atom is -0.367 e. The first-order valence-corrected chi connectivity index (χ1v) is 9.60. The zero-order valence-electron chi connectivity index (χ0n) is 15.8. The fraction of sp³-hybridized carbons (Fsp3) is 0.400. The summed E-state index contributed by atoms with van der Waals surface area (Å²) in [4.78, 5) is 40.4. The van der Waals surface area contributed by atoms with E-state index in [1.54, 1.807) is 23.4 Å². The molecule has 4 heterocycles.